The predicted molar refractivity (Wildman–Crippen MR) is 64.0 cm³/mol. The lowest BCUT2D eigenvalue weighted by Crippen LogP contribution is -2.11. The number of hydrogen-bond acceptors (Lipinski definition) is 3. The Bertz CT molecular complexity index is 324. The van der Waals surface area contributed by atoms with Gasteiger partial charge in [-0.25, -0.2) is 0 Å². The molecule has 1 fully saturated rings. The van der Waals surface area contributed by atoms with Gasteiger partial charge in [0.05, 0.1) is 6.54 Å². The van der Waals surface area contributed by atoms with Crippen LogP contribution in [0.5, 0.6) is 0 Å². The first kappa shape index (κ1) is 11.6. The van der Waals surface area contributed by atoms with Gasteiger partial charge in [-0.15, -0.1) is 10.2 Å². The molecule has 4 heteroatoms. The second-order valence-corrected chi connectivity index (χ2v) is 4.78. The van der Waals surface area contributed by atoms with E-state index in [9.17, 15) is 0 Å². The van der Waals surface area contributed by atoms with E-state index in [4.69, 9.17) is 5.73 Å². The third kappa shape index (κ3) is 2.43. The summed E-state index contributed by atoms with van der Waals surface area (Å²) in [6, 6.07) is 0. The molecule has 4 nitrogen and oxygen atoms in total. The molecule has 0 atom stereocenters. The first-order chi connectivity index (χ1) is 7.83. The highest BCUT2D eigenvalue weighted by molar-refractivity contribution is 5.01. The van der Waals surface area contributed by atoms with E-state index in [1.54, 1.807) is 0 Å². The van der Waals surface area contributed by atoms with Gasteiger partial charge in [-0.3, -0.25) is 0 Å². The Balaban J connectivity index is 2.11. The minimum Gasteiger partial charge on any atom is -0.324 e. The van der Waals surface area contributed by atoms with E-state index in [0.717, 1.165) is 11.6 Å². The predicted octanol–water partition coefficient (Wildman–Crippen LogP) is 2.10. The van der Waals surface area contributed by atoms with Crippen LogP contribution in [0.15, 0.2) is 0 Å². The lowest BCUT2D eigenvalue weighted by atomic mass is 9.90. The molecule has 2 N–H and O–H groups in total. The molecular weight excluding hydrogens is 200 g/mol. The molecule has 0 saturated heterocycles. The number of nitrogens with two attached hydrogens (primary N) is 1. The van der Waals surface area contributed by atoms with Gasteiger partial charge < -0.3 is 10.3 Å². The van der Waals surface area contributed by atoms with Crippen LogP contribution in [0, 0.1) is 0 Å². The molecule has 1 aromatic rings. The van der Waals surface area contributed by atoms with E-state index < -0.39 is 0 Å². The monoisotopic (exact) mass is 222 g/mol. The van der Waals surface area contributed by atoms with Gasteiger partial charge in [0.2, 0.25) is 0 Å². The zero-order valence-corrected chi connectivity index (χ0v) is 10.2. The third-order valence-electron chi connectivity index (χ3n) is 3.65. The van der Waals surface area contributed by atoms with Crippen molar-refractivity contribution in [2.45, 2.75) is 57.4 Å². The maximum absolute atomic E-state index is 5.63. The number of aromatic nitrogens is 3. The zero-order valence-electron chi connectivity index (χ0n) is 10.2. The van der Waals surface area contributed by atoms with E-state index in [2.05, 4.69) is 14.8 Å². The summed E-state index contributed by atoms with van der Waals surface area (Å²) >= 11 is 0. The van der Waals surface area contributed by atoms with Gasteiger partial charge in [0, 0.05) is 13.0 Å². The van der Waals surface area contributed by atoms with E-state index in [1.807, 2.05) is 7.05 Å². The van der Waals surface area contributed by atoms with Gasteiger partial charge in [0.25, 0.3) is 0 Å². The van der Waals surface area contributed by atoms with Crippen molar-refractivity contribution in [1.29, 1.82) is 0 Å². The SMILES string of the molecule is Cn1c(CN)nnc1C1CCCCCCC1. The van der Waals surface area contributed by atoms with Crippen molar-refractivity contribution in [1.82, 2.24) is 14.8 Å². The van der Waals surface area contributed by atoms with Crippen molar-refractivity contribution in [2.75, 3.05) is 0 Å². The molecular formula is C12H22N4. The Morgan fingerprint density at radius 2 is 1.75 bits per heavy atom. The maximum atomic E-state index is 5.63. The number of rotatable bonds is 2. The first-order valence-electron chi connectivity index (χ1n) is 6.41. The van der Waals surface area contributed by atoms with Crippen molar-refractivity contribution in [3.05, 3.63) is 11.6 Å². The molecule has 0 spiro atoms. The first-order valence-corrected chi connectivity index (χ1v) is 6.41. The molecule has 0 unspecified atom stereocenters. The second-order valence-electron chi connectivity index (χ2n) is 4.78. The molecule has 0 amide bonds. The minimum atomic E-state index is 0.482. The van der Waals surface area contributed by atoms with Crippen molar-refractivity contribution < 1.29 is 0 Å². The Kier molecular flexibility index (Phi) is 3.93. The zero-order chi connectivity index (χ0) is 11.4. The summed E-state index contributed by atoms with van der Waals surface area (Å²) in [6.07, 6.45) is 9.33. The van der Waals surface area contributed by atoms with Gasteiger partial charge in [-0.2, -0.15) is 0 Å². The van der Waals surface area contributed by atoms with Gasteiger partial charge in [0.1, 0.15) is 11.6 Å². The Morgan fingerprint density at radius 1 is 1.12 bits per heavy atom. The summed E-state index contributed by atoms with van der Waals surface area (Å²) in [5.74, 6) is 2.64. The van der Waals surface area contributed by atoms with Crippen molar-refractivity contribution in [3.63, 3.8) is 0 Å². The van der Waals surface area contributed by atoms with Crippen molar-refractivity contribution >= 4 is 0 Å². The van der Waals surface area contributed by atoms with Crippen LogP contribution in [0.3, 0.4) is 0 Å². The highest BCUT2D eigenvalue weighted by Crippen LogP contribution is 2.29. The molecule has 0 radical (unpaired) electrons. The largest absolute Gasteiger partial charge is 0.324 e. The molecule has 0 aromatic carbocycles. The van der Waals surface area contributed by atoms with Gasteiger partial charge in [-0.1, -0.05) is 32.1 Å². The normalized spacial score (nSPS) is 19.4. The fraction of sp³-hybridized carbons (Fsp3) is 0.833. The van der Waals surface area contributed by atoms with Crippen LogP contribution in [0.2, 0.25) is 0 Å². The summed E-state index contributed by atoms with van der Waals surface area (Å²) in [6.45, 7) is 0.482. The van der Waals surface area contributed by atoms with Gasteiger partial charge in [0.15, 0.2) is 0 Å². The molecule has 16 heavy (non-hydrogen) atoms. The van der Waals surface area contributed by atoms with Crippen LogP contribution >= 0.6 is 0 Å². The molecule has 1 aliphatic carbocycles. The quantitative estimate of drug-likeness (QED) is 0.833. The van der Waals surface area contributed by atoms with Crippen LogP contribution < -0.4 is 5.73 Å². The summed E-state index contributed by atoms with van der Waals surface area (Å²) in [7, 11) is 2.04. The average Bonchev–Trinajstić information content (AvgIpc) is 2.60. The van der Waals surface area contributed by atoms with Gasteiger partial charge in [-0.05, 0) is 12.8 Å². The third-order valence-corrected chi connectivity index (χ3v) is 3.65. The second kappa shape index (κ2) is 5.43. The molecule has 2 rings (SSSR count). The molecule has 1 aromatic heterocycles. The van der Waals surface area contributed by atoms with Crippen LogP contribution in [0.1, 0.15) is 62.5 Å². The number of hydrogen-bond donors (Lipinski definition) is 1. The molecule has 1 heterocycles. The summed E-state index contributed by atoms with van der Waals surface area (Å²) in [5, 5.41) is 8.47. The fourth-order valence-corrected chi connectivity index (χ4v) is 2.62. The van der Waals surface area contributed by atoms with Crippen LogP contribution in [0.4, 0.5) is 0 Å². The Hall–Kier alpha value is -0.900. The highest BCUT2D eigenvalue weighted by Gasteiger charge is 2.19. The van der Waals surface area contributed by atoms with E-state index in [1.165, 1.54) is 44.9 Å². The average molecular weight is 222 g/mol. The summed E-state index contributed by atoms with van der Waals surface area (Å²) < 4.78 is 2.09. The van der Waals surface area contributed by atoms with Crippen LogP contribution in [-0.2, 0) is 13.6 Å². The molecule has 1 aliphatic rings. The maximum Gasteiger partial charge on any atom is 0.146 e. The van der Waals surface area contributed by atoms with Crippen LogP contribution in [0.25, 0.3) is 0 Å². The molecule has 0 bridgehead atoms. The standard InChI is InChI=1S/C12H22N4/c1-16-11(9-13)14-15-12(16)10-7-5-3-2-4-6-8-10/h10H,2-9,13H2,1H3. The minimum absolute atomic E-state index is 0.482. The lowest BCUT2D eigenvalue weighted by Gasteiger charge is -2.18. The summed E-state index contributed by atoms with van der Waals surface area (Å²) in [5.41, 5.74) is 5.63. The Labute approximate surface area is 97.2 Å². The Morgan fingerprint density at radius 3 is 2.31 bits per heavy atom. The summed E-state index contributed by atoms with van der Waals surface area (Å²) in [4.78, 5) is 0. The van der Waals surface area contributed by atoms with E-state index in [0.29, 0.717) is 12.5 Å². The highest BCUT2D eigenvalue weighted by atomic mass is 15.3. The van der Waals surface area contributed by atoms with Crippen molar-refractivity contribution in [3.8, 4) is 0 Å². The van der Waals surface area contributed by atoms with E-state index in [-0.39, 0.29) is 0 Å². The fourth-order valence-electron chi connectivity index (χ4n) is 2.62. The van der Waals surface area contributed by atoms with E-state index >= 15 is 0 Å². The van der Waals surface area contributed by atoms with Crippen LogP contribution in [-0.4, -0.2) is 14.8 Å². The topological polar surface area (TPSA) is 56.7 Å². The molecule has 1 saturated carbocycles. The molecule has 0 aliphatic heterocycles. The lowest BCUT2D eigenvalue weighted by molar-refractivity contribution is 0.434. The number of nitrogens with zero attached hydrogens (tertiary/aromatic N) is 3. The van der Waals surface area contributed by atoms with Gasteiger partial charge >= 0.3 is 0 Å². The smallest absolute Gasteiger partial charge is 0.146 e. The van der Waals surface area contributed by atoms with Crippen molar-refractivity contribution in [2.24, 2.45) is 12.8 Å². The molecule has 90 valence electrons.